The summed E-state index contributed by atoms with van der Waals surface area (Å²) in [6.07, 6.45) is 2.75. The maximum atomic E-state index is 10.8. The van der Waals surface area contributed by atoms with Gasteiger partial charge in [0.05, 0.1) is 12.6 Å². The predicted octanol–water partition coefficient (Wildman–Crippen LogP) is -2.20. The van der Waals surface area contributed by atoms with Crippen LogP contribution in [0, 0.1) is 5.41 Å². The van der Waals surface area contributed by atoms with Crippen molar-refractivity contribution in [1.82, 2.24) is 10.6 Å². The van der Waals surface area contributed by atoms with Gasteiger partial charge in [0.15, 0.2) is 5.96 Å². The highest BCUT2D eigenvalue weighted by Gasteiger charge is 2.10. The van der Waals surface area contributed by atoms with Crippen molar-refractivity contribution in [1.29, 1.82) is 5.41 Å². The Morgan fingerprint density at radius 2 is 2.20 bits per heavy atom. The second-order valence-electron chi connectivity index (χ2n) is 2.92. The molecule has 85 valence electrons. The van der Waals surface area contributed by atoms with Crippen LogP contribution in [0.4, 0.5) is 0 Å². The van der Waals surface area contributed by atoms with Gasteiger partial charge in [-0.05, 0) is 12.8 Å². The number of guanidine groups is 1. The smallest absolute Gasteiger partial charge is 0.234 e. The van der Waals surface area contributed by atoms with E-state index in [0.717, 1.165) is 0 Å². The van der Waals surface area contributed by atoms with E-state index in [1.165, 1.54) is 0 Å². The number of amides is 1. The lowest BCUT2D eigenvalue weighted by molar-refractivity contribution is -0.120. The second-order valence-corrected chi connectivity index (χ2v) is 2.92. The van der Waals surface area contributed by atoms with Gasteiger partial charge in [0.1, 0.15) is 0 Å². The third-order valence-corrected chi connectivity index (χ3v) is 1.65. The molecule has 15 heavy (non-hydrogen) atoms. The molecule has 0 saturated carbocycles. The zero-order chi connectivity index (χ0) is 11.7. The van der Waals surface area contributed by atoms with Gasteiger partial charge in [0.2, 0.25) is 12.2 Å². The zero-order valence-electron chi connectivity index (χ0n) is 8.38. The average Bonchev–Trinajstić information content (AvgIpc) is 2.21. The van der Waals surface area contributed by atoms with Crippen molar-refractivity contribution in [2.45, 2.75) is 18.9 Å². The van der Waals surface area contributed by atoms with Crippen molar-refractivity contribution in [3.8, 4) is 0 Å². The van der Waals surface area contributed by atoms with Crippen LogP contribution in [0.3, 0.4) is 0 Å². The van der Waals surface area contributed by atoms with Crippen molar-refractivity contribution < 1.29 is 9.59 Å². The fourth-order valence-electron chi connectivity index (χ4n) is 0.943. The molecule has 0 unspecified atom stereocenters. The first-order valence-corrected chi connectivity index (χ1v) is 4.55. The Morgan fingerprint density at radius 1 is 1.53 bits per heavy atom. The highest BCUT2D eigenvalue weighted by atomic mass is 16.2. The molecule has 1 atom stereocenters. The molecule has 0 saturated heterocycles. The summed E-state index contributed by atoms with van der Waals surface area (Å²) in [5.74, 6) is -0.504. The largest absolute Gasteiger partial charge is 0.370 e. The van der Waals surface area contributed by atoms with Crippen molar-refractivity contribution in [3.05, 3.63) is 0 Å². The van der Waals surface area contributed by atoms with E-state index in [1.807, 2.05) is 0 Å². The van der Waals surface area contributed by atoms with Crippen LogP contribution in [0.2, 0.25) is 0 Å². The van der Waals surface area contributed by atoms with Crippen LogP contribution in [-0.2, 0) is 9.59 Å². The Bertz CT molecular complexity index is 231. The van der Waals surface area contributed by atoms with Gasteiger partial charge in [-0.15, -0.1) is 0 Å². The van der Waals surface area contributed by atoms with Gasteiger partial charge in [-0.1, -0.05) is 0 Å². The van der Waals surface area contributed by atoms with Crippen LogP contribution in [0.1, 0.15) is 12.8 Å². The minimum absolute atomic E-state index is 0.118. The van der Waals surface area contributed by atoms with Crippen LogP contribution >= 0.6 is 0 Å². The van der Waals surface area contributed by atoms with E-state index in [4.69, 9.17) is 16.9 Å². The van der Waals surface area contributed by atoms with Crippen LogP contribution < -0.4 is 22.1 Å². The van der Waals surface area contributed by atoms with Gasteiger partial charge >= 0.3 is 0 Å². The zero-order valence-corrected chi connectivity index (χ0v) is 8.38. The monoisotopic (exact) mass is 214 g/mol. The summed E-state index contributed by atoms with van der Waals surface area (Å²) in [6.45, 7) is 0.329. The van der Waals surface area contributed by atoms with Crippen molar-refractivity contribution in [3.63, 3.8) is 0 Å². The van der Waals surface area contributed by atoms with E-state index in [9.17, 15) is 9.59 Å². The first-order chi connectivity index (χ1) is 7.10. The topological polar surface area (TPSA) is 134 Å². The van der Waals surface area contributed by atoms with Crippen LogP contribution in [0.15, 0.2) is 0 Å². The summed E-state index contributed by atoms with van der Waals surface area (Å²) in [7, 11) is 0. The number of nitrogens with two attached hydrogens (primary N) is 2. The van der Waals surface area contributed by atoms with Gasteiger partial charge in [0, 0.05) is 6.54 Å². The predicted molar refractivity (Wildman–Crippen MR) is 55.8 cm³/mol. The fourth-order valence-corrected chi connectivity index (χ4v) is 0.943. The Labute approximate surface area is 88.1 Å². The normalized spacial score (nSPS) is 11.5. The summed E-state index contributed by atoms with van der Waals surface area (Å²) >= 11 is 0. The third-order valence-electron chi connectivity index (χ3n) is 1.65. The summed E-state index contributed by atoms with van der Waals surface area (Å²) < 4.78 is 0. The lowest BCUT2D eigenvalue weighted by Gasteiger charge is -2.11. The van der Waals surface area contributed by atoms with E-state index >= 15 is 0 Å². The number of carbonyl (C=O) groups is 1. The molecule has 1 radical (unpaired) electrons. The molecule has 0 aliphatic heterocycles. The lowest BCUT2D eigenvalue weighted by atomic mass is 10.2. The molecule has 0 heterocycles. The van der Waals surface area contributed by atoms with E-state index in [2.05, 4.69) is 10.6 Å². The lowest BCUT2D eigenvalue weighted by Crippen LogP contribution is -2.40. The van der Waals surface area contributed by atoms with E-state index in [0.29, 0.717) is 19.4 Å². The molecular weight excluding hydrogens is 198 g/mol. The number of hydrogen-bond acceptors (Lipinski definition) is 4. The molecule has 1 amide bonds. The molecule has 0 aromatic rings. The second kappa shape index (κ2) is 7.74. The number of rotatable bonds is 7. The van der Waals surface area contributed by atoms with E-state index in [1.54, 1.807) is 6.29 Å². The Morgan fingerprint density at radius 3 is 2.67 bits per heavy atom. The standard InChI is InChI=1S/C8H16N5O2/c9-4-7(15)13-6(5-14)2-1-3-12-8(10)11/h6H,1-4,9H2,(H,13,15)(H4,10,11,12)/t6-/m0/s1. The highest BCUT2D eigenvalue weighted by Crippen LogP contribution is 1.93. The molecule has 0 aliphatic rings. The minimum atomic E-state index is -0.644. The number of hydrogen-bond donors (Lipinski definition) is 5. The Hall–Kier alpha value is -1.63. The summed E-state index contributed by atoms with van der Waals surface area (Å²) in [4.78, 5) is 21.3. The van der Waals surface area contributed by atoms with Crippen molar-refractivity contribution in [2.75, 3.05) is 13.1 Å². The van der Waals surface area contributed by atoms with Gasteiger partial charge in [-0.25, -0.2) is 0 Å². The first kappa shape index (κ1) is 13.4. The Kier molecular flexibility index (Phi) is 6.90. The quantitative estimate of drug-likeness (QED) is 0.186. The van der Waals surface area contributed by atoms with Crippen LogP contribution in [0.25, 0.3) is 0 Å². The molecule has 0 fully saturated rings. The summed E-state index contributed by atoms with van der Waals surface area (Å²) in [6, 6.07) is -0.644. The molecule has 0 bridgehead atoms. The summed E-state index contributed by atoms with van der Waals surface area (Å²) in [5, 5.41) is 11.9. The average molecular weight is 214 g/mol. The highest BCUT2D eigenvalue weighted by molar-refractivity contribution is 5.81. The minimum Gasteiger partial charge on any atom is -0.370 e. The van der Waals surface area contributed by atoms with Crippen molar-refractivity contribution >= 4 is 18.2 Å². The first-order valence-electron chi connectivity index (χ1n) is 4.55. The molecular formula is C8H16N5O2. The third kappa shape index (κ3) is 7.44. The van der Waals surface area contributed by atoms with Gasteiger partial charge in [-0.3, -0.25) is 15.0 Å². The van der Waals surface area contributed by atoms with Gasteiger partial charge in [-0.2, -0.15) is 0 Å². The molecule has 0 aromatic heterocycles. The number of nitrogens with one attached hydrogen (secondary N) is 3. The van der Waals surface area contributed by atoms with E-state index < -0.39 is 6.04 Å². The van der Waals surface area contributed by atoms with Gasteiger partial charge in [0.25, 0.3) is 0 Å². The molecule has 7 heteroatoms. The molecule has 7 N–H and O–H groups in total. The SMILES string of the molecule is N=C(N)NCCC[C@@H]([C]=O)NC(=O)CN. The maximum absolute atomic E-state index is 10.8. The number of carbonyl (C=O) groups excluding carboxylic acids is 2. The molecule has 0 aliphatic carbocycles. The van der Waals surface area contributed by atoms with Crippen LogP contribution in [0.5, 0.6) is 0 Å². The van der Waals surface area contributed by atoms with Crippen molar-refractivity contribution in [2.24, 2.45) is 11.5 Å². The van der Waals surface area contributed by atoms with Gasteiger partial charge < -0.3 is 22.1 Å². The van der Waals surface area contributed by atoms with Crippen LogP contribution in [-0.4, -0.2) is 37.3 Å². The van der Waals surface area contributed by atoms with E-state index in [-0.39, 0.29) is 18.4 Å². The molecule has 0 aromatic carbocycles. The summed E-state index contributed by atoms with van der Waals surface area (Å²) in [5.41, 5.74) is 10.1. The Balaban J connectivity index is 3.66. The fraction of sp³-hybridized carbons (Fsp3) is 0.625. The molecule has 0 rings (SSSR count). The maximum Gasteiger partial charge on any atom is 0.234 e. The molecule has 7 nitrogen and oxygen atoms in total. The molecule has 0 spiro atoms.